The number of aryl methyl sites for hydroxylation is 1. The van der Waals surface area contributed by atoms with Gasteiger partial charge in [-0.05, 0) is 42.8 Å². The molecule has 0 heterocycles. The summed E-state index contributed by atoms with van der Waals surface area (Å²) < 4.78 is 56.4. The van der Waals surface area contributed by atoms with Gasteiger partial charge in [0.05, 0.1) is 20.7 Å². The van der Waals surface area contributed by atoms with E-state index in [1.54, 1.807) is 60.7 Å². The molecule has 0 aliphatic carbocycles. The van der Waals surface area contributed by atoms with Crippen molar-refractivity contribution in [3.8, 4) is 0 Å². The monoisotopic (exact) mass is 493 g/mol. The predicted molar refractivity (Wildman–Crippen MR) is 136 cm³/mol. The maximum atomic E-state index is 13.9. The summed E-state index contributed by atoms with van der Waals surface area (Å²) in [7, 11) is -8.18. The second kappa shape index (κ2) is 10.8. The van der Waals surface area contributed by atoms with E-state index in [0.717, 1.165) is 9.87 Å². The van der Waals surface area contributed by atoms with Crippen molar-refractivity contribution in [3.05, 3.63) is 132 Å². The van der Waals surface area contributed by atoms with Gasteiger partial charge in [-0.3, -0.25) is 0 Å². The molecule has 1 atom stereocenters. The number of hydrogen-bond donors (Lipinski definition) is 0. The summed E-state index contributed by atoms with van der Waals surface area (Å²) in [6.07, 6.45) is 4.17. The van der Waals surface area contributed by atoms with Crippen LogP contribution in [0.25, 0.3) is 0 Å². The highest BCUT2D eigenvalue weighted by atomic mass is 32.2. The minimum Gasteiger partial charge on any atom is -0.219 e. The van der Waals surface area contributed by atoms with Gasteiger partial charge in [0.15, 0.2) is 0 Å². The molecule has 0 aliphatic rings. The fourth-order valence-electron chi connectivity index (χ4n) is 3.60. The fourth-order valence-corrected chi connectivity index (χ4v) is 6.85. The molecule has 1 unspecified atom stereocenters. The van der Waals surface area contributed by atoms with E-state index in [1.165, 1.54) is 42.5 Å². The van der Waals surface area contributed by atoms with Crippen LogP contribution in [0.15, 0.2) is 131 Å². The van der Waals surface area contributed by atoms with Crippen LogP contribution in [-0.2, 0) is 19.9 Å². The summed E-state index contributed by atoms with van der Waals surface area (Å²) in [5.41, 5.74) is 1.42. The number of rotatable bonds is 10. The third kappa shape index (κ3) is 5.28. The molecule has 0 aromatic heterocycles. The van der Waals surface area contributed by atoms with E-state index < -0.39 is 25.9 Å². The van der Waals surface area contributed by atoms with Crippen molar-refractivity contribution in [1.82, 2.24) is 4.31 Å². The first kappa shape index (κ1) is 25.4. The van der Waals surface area contributed by atoms with Crippen LogP contribution < -0.4 is 0 Å². The standard InChI is InChI=1S/C27H27NO4S2/c1-4-12-26(33(29,30)24-19-17-22(3)18-20-24)27(23-13-8-6-9-14-23)28(21-5-2)34(31,32)25-15-10-7-11-16-25/h4-20,27H,1-2,21H2,3H3/b26-12-. The fraction of sp³-hybridized carbons (Fsp3) is 0.111. The second-order valence-electron chi connectivity index (χ2n) is 7.61. The van der Waals surface area contributed by atoms with E-state index in [2.05, 4.69) is 13.2 Å². The van der Waals surface area contributed by atoms with E-state index in [9.17, 15) is 16.8 Å². The van der Waals surface area contributed by atoms with Gasteiger partial charge in [-0.15, -0.1) is 6.58 Å². The lowest BCUT2D eigenvalue weighted by Gasteiger charge is -2.32. The Kier molecular flexibility index (Phi) is 8.04. The lowest BCUT2D eigenvalue weighted by Crippen LogP contribution is -2.37. The van der Waals surface area contributed by atoms with Crippen molar-refractivity contribution in [2.75, 3.05) is 6.54 Å². The molecule has 0 aliphatic heterocycles. The van der Waals surface area contributed by atoms with Crippen molar-refractivity contribution >= 4 is 19.9 Å². The van der Waals surface area contributed by atoms with Crippen molar-refractivity contribution in [2.45, 2.75) is 22.8 Å². The predicted octanol–water partition coefficient (Wildman–Crippen LogP) is 5.46. The molecule has 0 spiro atoms. The summed E-state index contributed by atoms with van der Waals surface area (Å²) in [5.74, 6) is 0. The third-order valence-electron chi connectivity index (χ3n) is 5.26. The zero-order chi connectivity index (χ0) is 24.8. The van der Waals surface area contributed by atoms with Crippen molar-refractivity contribution in [2.24, 2.45) is 0 Å². The van der Waals surface area contributed by atoms with Crippen LogP contribution in [0, 0.1) is 6.92 Å². The van der Waals surface area contributed by atoms with Gasteiger partial charge < -0.3 is 0 Å². The molecule has 3 aromatic rings. The molecule has 0 amide bonds. The first-order valence-corrected chi connectivity index (χ1v) is 13.5. The van der Waals surface area contributed by atoms with Gasteiger partial charge in [-0.1, -0.05) is 85.0 Å². The van der Waals surface area contributed by atoms with Gasteiger partial charge in [0, 0.05) is 6.54 Å². The van der Waals surface area contributed by atoms with Crippen LogP contribution in [0.5, 0.6) is 0 Å². The molecular weight excluding hydrogens is 466 g/mol. The minimum atomic E-state index is -4.10. The molecule has 0 saturated heterocycles. The van der Waals surface area contributed by atoms with Gasteiger partial charge in [-0.25, -0.2) is 16.8 Å². The van der Waals surface area contributed by atoms with E-state index in [1.807, 2.05) is 6.92 Å². The van der Waals surface area contributed by atoms with Crippen LogP contribution in [0.1, 0.15) is 17.2 Å². The van der Waals surface area contributed by atoms with Gasteiger partial charge in [0.25, 0.3) is 0 Å². The average Bonchev–Trinajstić information content (AvgIpc) is 2.84. The SMILES string of the molecule is C=C/C=C(/C(c1ccccc1)N(CC=C)S(=O)(=O)c1ccccc1)S(=O)(=O)c1ccc(C)cc1. The van der Waals surface area contributed by atoms with E-state index >= 15 is 0 Å². The Labute approximate surface area is 202 Å². The number of sulfone groups is 1. The second-order valence-corrected chi connectivity index (χ2v) is 11.5. The Morgan fingerprint density at radius 3 is 1.91 bits per heavy atom. The van der Waals surface area contributed by atoms with Crippen molar-refractivity contribution < 1.29 is 16.8 Å². The minimum absolute atomic E-state index is 0.0588. The van der Waals surface area contributed by atoms with Crippen LogP contribution in [-0.4, -0.2) is 27.7 Å². The number of hydrogen-bond acceptors (Lipinski definition) is 4. The highest BCUT2D eigenvalue weighted by Gasteiger charge is 2.39. The molecule has 0 radical (unpaired) electrons. The lowest BCUT2D eigenvalue weighted by molar-refractivity contribution is 0.391. The van der Waals surface area contributed by atoms with Crippen LogP contribution in [0.2, 0.25) is 0 Å². The number of sulfonamides is 1. The Morgan fingerprint density at radius 1 is 0.824 bits per heavy atom. The molecule has 3 aromatic carbocycles. The Bertz CT molecular complexity index is 1380. The maximum Gasteiger partial charge on any atom is 0.244 e. The summed E-state index contributed by atoms with van der Waals surface area (Å²) >= 11 is 0. The molecule has 7 heteroatoms. The Balaban J connectivity index is 2.31. The first-order chi connectivity index (χ1) is 16.2. The lowest BCUT2D eigenvalue weighted by atomic mass is 10.1. The van der Waals surface area contributed by atoms with E-state index in [4.69, 9.17) is 0 Å². The summed E-state index contributed by atoms with van der Waals surface area (Å²) in [4.78, 5) is 0.0326. The zero-order valence-corrected chi connectivity index (χ0v) is 20.5. The van der Waals surface area contributed by atoms with Gasteiger partial charge in [0.2, 0.25) is 19.9 Å². The smallest absolute Gasteiger partial charge is 0.219 e. The normalized spacial score (nSPS) is 13.4. The van der Waals surface area contributed by atoms with E-state index in [-0.39, 0.29) is 21.2 Å². The summed E-state index contributed by atoms with van der Waals surface area (Å²) in [5, 5.41) is 0. The van der Waals surface area contributed by atoms with Crippen molar-refractivity contribution in [3.63, 3.8) is 0 Å². The summed E-state index contributed by atoms with van der Waals surface area (Å²) in [6.45, 7) is 9.18. The van der Waals surface area contributed by atoms with Crippen LogP contribution in [0.4, 0.5) is 0 Å². The average molecular weight is 494 g/mol. The molecule has 0 saturated carbocycles. The summed E-state index contributed by atoms with van der Waals surface area (Å²) in [6, 6.07) is 21.9. The number of nitrogens with zero attached hydrogens (tertiary/aromatic N) is 1. The first-order valence-electron chi connectivity index (χ1n) is 10.6. The largest absolute Gasteiger partial charge is 0.244 e. The molecule has 3 rings (SSSR count). The van der Waals surface area contributed by atoms with Gasteiger partial charge in [0.1, 0.15) is 0 Å². The number of benzene rings is 3. The van der Waals surface area contributed by atoms with E-state index in [0.29, 0.717) is 5.56 Å². The molecule has 0 N–H and O–H groups in total. The topological polar surface area (TPSA) is 71.5 Å². The molecule has 176 valence electrons. The molecule has 0 bridgehead atoms. The van der Waals surface area contributed by atoms with Gasteiger partial charge >= 0.3 is 0 Å². The van der Waals surface area contributed by atoms with Gasteiger partial charge in [-0.2, -0.15) is 4.31 Å². The Morgan fingerprint density at radius 2 is 1.38 bits per heavy atom. The molecule has 34 heavy (non-hydrogen) atoms. The third-order valence-corrected chi connectivity index (χ3v) is 8.97. The number of allylic oxidation sites excluding steroid dienone is 2. The highest BCUT2D eigenvalue weighted by Crippen LogP contribution is 2.38. The molecule has 0 fully saturated rings. The molecule has 5 nitrogen and oxygen atoms in total. The van der Waals surface area contributed by atoms with Crippen molar-refractivity contribution in [1.29, 1.82) is 0 Å². The van der Waals surface area contributed by atoms with Crippen LogP contribution >= 0.6 is 0 Å². The highest BCUT2D eigenvalue weighted by molar-refractivity contribution is 7.95. The molecular formula is C27H27NO4S2. The quantitative estimate of drug-likeness (QED) is 0.278. The maximum absolute atomic E-state index is 13.9. The Hall–Kier alpha value is -3.26. The van der Waals surface area contributed by atoms with Crippen LogP contribution in [0.3, 0.4) is 0 Å². The zero-order valence-electron chi connectivity index (χ0n) is 18.9.